The molecule has 1 heterocycles. The second kappa shape index (κ2) is 12.1. The predicted octanol–water partition coefficient (Wildman–Crippen LogP) is 1.56. The molecule has 2 rings (SSSR count). The molecular weight excluding hydrogens is 467 g/mol. The zero-order valence-electron chi connectivity index (χ0n) is 15.4. The quantitative estimate of drug-likeness (QED) is 0.247. The predicted molar refractivity (Wildman–Crippen MR) is 117 cm³/mol. The Bertz CT molecular complexity index is 614. The van der Waals surface area contributed by atoms with E-state index in [9.17, 15) is 4.79 Å². The van der Waals surface area contributed by atoms with Crippen LogP contribution in [0.5, 0.6) is 11.5 Å². The topological polar surface area (TPSA) is 75.2 Å². The molecule has 0 bridgehead atoms. The van der Waals surface area contributed by atoms with Crippen LogP contribution in [0.25, 0.3) is 0 Å². The summed E-state index contributed by atoms with van der Waals surface area (Å²) in [5.74, 6) is 3.19. The molecule has 1 aromatic rings. The summed E-state index contributed by atoms with van der Waals surface area (Å²) >= 11 is 1.76. The van der Waals surface area contributed by atoms with Gasteiger partial charge in [0.2, 0.25) is 12.7 Å². The minimum Gasteiger partial charge on any atom is -0.454 e. The maximum atomic E-state index is 11.7. The van der Waals surface area contributed by atoms with Crippen LogP contribution in [-0.4, -0.2) is 69.3 Å². The summed E-state index contributed by atoms with van der Waals surface area (Å²) in [5, 5.41) is 6.52. The van der Waals surface area contributed by atoms with Crippen molar-refractivity contribution in [1.29, 1.82) is 0 Å². The molecule has 146 valence electrons. The number of amides is 1. The number of halogens is 1. The van der Waals surface area contributed by atoms with Crippen LogP contribution < -0.4 is 20.1 Å². The summed E-state index contributed by atoms with van der Waals surface area (Å²) in [5.41, 5.74) is 1.16. The minimum atomic E-state index is -0.0262. The van der Waals surface area contributed by atoms with Crippen molar-refractivity contribution in [3.8, 4) is 11.5 Å². The summed E-state index contributed by atoms with van der Waals surface area (Å²) in [6, 6.07) is 5.96. The average molecular weight is 494 g/mol. The van der Waals surface area contributed by atoms with Crippen LogP contribution in [0.1, 0.15) is 5.56 Å². The Morgan fingerprint density at radius 1 is 1.23 bits per heavy atom. The number of nitrogens with zero attached hydrogens (tertiary/aromatic N) is 2. The van der Waals surface area contributed by atoms with Crippen molar-refractivity contribution < 1.29 is 14.3 Å². The van der Waals surface area contributed by atoms with Crippen molar-refractivity contribution in [2.24, 2.45) is 4.99 Å². The Balaban J connectivity index is 0.00000338. The van der Waals surface area contributed by atoms with Gasteiger partial charge in [-0.2, -0.15) is 11.8 Å². The number of aliphatic imine (C=N–C) groups is 1. The molecule has 1 aromatic carbocycles. The van der Waals surface area contributed by atoms with Gasteiger partial charge in [0.1, 0.15) is 6.54 Å². The van der Waals surface area contributed by atoms with Gasteiger partial charge in [0, 0.05) is 32.9 Å². The van der Waals surface area contributed by atoms with Crippen molar-refractivity contribution in [1.82, 2.24) is 15.5 Å². The molecule has 0 aliphatic carbocycles. The van der Waals surface area contributed by atoms with Crippen LogP contribution in [0.2, 0.25) is 0 Å². The van der Waals surface area contributed by atoms with Gasteiger partial charge >= 0.3 is 0 Å². The number of fused-ring (bicyclic) bond motifs is 1. The first-order valence-corrected chi connectivity index (χ1v) is 9.59. The van der Waals surface area contributed by atoms with E-state index >= 15 is 0 Å². The molecule has 1 amide bonds. The number of carbonyl (C=O) groups is 1. The normalized spacial score (nSPS) is 12.3. The standard InChI is InChI=1S/C17H26N4O3S.HI/c1-21(2)16(22)11-20-17(19-8-9-25-3)18-7-6-13-4-5-14-15(10-13)24-12-23-14;/h4-5,10H,6-9,11-12H2,1-3H3,(H2,18,19,20);1H. The van der Waals surface area contributed by atoms with Gasteiger partial charge in [-0.25, -0.2) is 4.99 Å². The van der Waals surface area contributed by atoms with Crippen LogP contribution >= 0.6 is 35.7 Å². The summed E-state index contributed by atoms with van der Waals surface area (Å²) in [4.78, 5) is 17.6. The van der Waals surface area contributed by atoms with E-state index < -0.39 is 0 Å². The lowest BCUT2D eigenvalue weighted by Crippen LogP contribution is -2.40. The lowest BCUT2D eigenvalue weighted by atomic mass is 10.1. The molecule has 1 aliphatic heterocycles. The van der Waals surface area contributed by atoms with Gasteiger partial charge in [-0.05, 0) is 30.4 Å². The second-order valence-corrected chi connectivity index (χ2v) is 6.72. The number of hydrogen-bond acceptors (Lipinski definition) is 5. The lowest BCUT2D eigenvalue weighted by molar-refractivity contribution is -0.127. The van der Waals surface area contributed by atoms with Gasteiger partial charge in [0.15, 0.2) is 17.5 Å². The van der Waals surface area contributed by atoms with Crippen molar-refractivity contribution in [3.05, 3.63) is 23.8 Å². The van der Waals surface area contributed by atoms with Crippen LogP contribution in [0.4, 0.5) is 0 Å². The zero-order chi connectivity index (χ0) is 18.1. The molecule has 2 N–H and O–H groups in total. The monoisotopic (exact) mass is 494 g/mol. The van der Waals surface area contributed by atoms with Gasteiger partial charge in [0.25, 0.3) is 0 Å². The highest BCUT2D eigenvalue weighted by molar-refractivity contribution is 14.0. The molecular formula is C17H27IN4O3S. The number of thioether (sulfide) groups is 1. The van der Waals surface area contributed by atoms with Crippen molar-refractivity contribution in [2.75, 3.05) is 52.5 Å². The smallest absolute Gasteiger partial charge is 0.243 e. The van der Waals surface area contributed by atoms with Crippen LogP contribution in [0.3, 0.4) is 0 Å². The SMILES string of the molecule is CSCCNC(=NCC(=O)N(C)C)NCCc1ccc2c(c1)OCO2.I. The van der Waals surface area contributed by atoms with Gasteiger partial charge in [-0.15, -0.1) is 24.0 Å². The molecule has 0 radical (unpaired) electrons. The Labute approximate surface area is 176 Å². The Morgan fingerprint density at radius 2 is 1.96 bits per heavy atom. The summed E-state index contributed by atoms with van der Waals surface area (Å²) in [6.07, 6.45) is 2.88. The number of benzene rings is 1. The molecule has 0 saturated carbocycles. The number of likely N-dealkylation sites (N-methyl/N-ethyl adjacent to an activating group) is 1. The molecule has 0 spiro atoms. The third-order valence-electron chi connectivity index (χ3n) is 3.61. The van der Waals surface area contributed by atoms with Crippen LogP contribution in [0, 0.1) is 0 Å². The third kappa shape index (κ3) is 7.48. The fourth-order valence-electron chi connectivity index (χ4n) is 2.16. The van der Waals surface area contributed by atoms with Crippen LogP contribution in [-0.2, 0) is 11.2 Å². The van der Waals surface area contributed by atoms with E-state index in [-0.39, 0.29) is 43.2 Å². The largest absolute Gasteiger partial charge is 0.454 e. The highest BCUT2D eigenvalue weighted by atomic mass is 127. The average Bonchev–Trinajstić information content (AvgIpc) is 3.06. The molecule has 26 heavy (non-hydrogen) atoms. The Hall–Kier alpha value is -1.36. The lowest BCUT2D eigenvalue weighted by Gasteiger charge is -2.13. The first-order valence-electron chi connectivity index (χ1n) is 8.20. The Kier molecular flexibility index (Phi) is 10.6. The zero-order valence-corrected chi connectivity index (χ0v) is 18.6. The minimum absolute atomic E-state index is 0. The van der Waals surface area contributed by atoms with Crippen molar-refractivity contribution in [2.45, 2.75) is 6.42 Å². The molecule has 0 aromatic heterocycles. The fraction of sp³-hybridized carbons (Fsp3) is 0.529. The number of nitrogens with one attached hydrogen (secondary N) is 2. The molecule has 0 unspecified atom stereocenters. The maximum absolute atomic E-state index is 11.7. The fourth-order valence-corrected chi connectivity index (χ4v) is 2.46. The molecule has 0 saturated heterocycles. The van der Waals surface area contributed by atoms with E-state index in [1.54, 1.807) is 25.9 Å². The summed E-state index contributed by atoms with van der Waals surface area (Å²) < 4.78 is 10.7. The number of carbonyl (C=O) groups excluding carboxylic acids is 1. The van der Waals surface area contributed by atoms with Crippen LogP contribution in [0.15, 0.2) is 23.2 Å². The molecule has 1 aliphatic rings. The molecule has 7 nitrogen and oxygen atoms in total. The first kappa shape index (κ1) is 22.7. The first-order chi connectivity index (χ1) is 12.1. The third-order valence-corrected chi connectivity index (χ3v) is 4.23. The van der Waals surface area contributed by atoms with Crippen molar-refractivity contribution in [3.63, 3.8) is 0 Å². The highest BCUT2D eigenvalue weighted by Crippen LogP contribution is 2.32. The van der Waals surface area contributed by atoms with Gasteiger partial charge in [0.05, 0.1) is 0 Å². The van der Waals surface area contributed by atoms with E-state index in [0.717, 1.165) is 35.8 Å². The number of hydrogen-bond donors (Lipinski definition) is 2. The number of ether oxygens (including phenoxy) is 2. The number of guanidine groups is 1. The maximum Gasteiger partial charge on any atom is 0.243 e. The van der Waals surface area contributed by atoms with E-state index in [1.807, 2.05) is 18.2 Å². The molecule has 0 atom stereocenters. The van der Waals surface area contributed by atoms with Crippen molar-refractivity contribution >= 4 is 47.6 Å². The second-order valence-electron chi connectivity index (χ2n) is 5.74. The summed E-state index contributed by atoms with van der Waals surface area (Å²) in [6.45, 7) is 1.92. The molecule has 0 fully saturated rings. The highest BCUT2D eigenvalue weighted by Gasteiger charge is 2.13. The van der Waals surface area contributed by atoms with Gasteiger partial charge in [-0.1, -0.05) is 6.07 Å². The van der Waals surface area contributed by atoms with Gasteiger partial charge in [-0.3, -0.25) is 4.79 Å². The van der Waals surface area contributed by atoms with E-state index in [1.165, 1.54) is 4.90 Å². The van der Waals surface area contributed by atoms with E-state index in [0.29, 0.717) is 12.5 Å². The van der Waals surface area contributed by atoms with E-state index in [4.69, 9.17) is 9.47 Å². The molecule has 9 heteroatoms. The van der Waals surface area contributed by atoms with Gasteiger partial charge < -0.3 is 25.0 Å². The van der Waals surface area contributed by atoms with E-state index in [2.05, 4.69) is 21.9 Å². The Morgan fingerprint density at radius 3 is 2.69 bits per heavy atom. The summed E-state index contributed by atoms with van der Waals surface area (Å²) in [7, 11) is 3.46. The number of rotatable bonds is 8.